The number of nitrogens with one attached hydrogen (secondary N) is 1. The molecule has 0 aromatic carbocycles. The molecule has 23 heavy (non-hydrogen) atoms. The Balaban J connectivity index is 3.75. The summed E-state index contributed by atoms with van der Waals surface area (Å²) in [5, 5.41) is 3.71. The Labute approximate surface area is 143 Å². The fourth-order valence-corrected chi connectivity index (χ4v) is 11.5. The highest BCUT2D eigenvalue weighted by Gasteiger charge is 2.37. The molecule has 0 bridgehead atoms. The number of rotatable bonds is 4. The highest BCUT2D eigenvalue weighted by atomic mass is 31.2. The predicted octanol–water partition coefficient (Wildman–Crippen LogP) is 3.29. The maximum atomic E-state index is 5.51. The second-order valence-corrected chi connectivity index (χ2v) is 14.2. The molecule has 1 atom stereocenters. The van der Waals surface area contributed by atoms with E-state index < -0.39 is 15.0 Å². The van der Waals surface area contributed by atoms with Gasteiger partial charge in [-0.2, -0.15) is 4.52 Å². The SMILES string of the molecule is CN1CCCNP1(=NC(C)(C)C)N=P(N(C)C)(N(C)C)N(C)C. The zero-order valence-corrected chi connectivity index (χ0v) is 18.5. The quantitative estimate of drug-likeness (QED) is 0.775. The van der Waals surface area contributed by atoms with Crippen LogP contribution in [-0.4, -0.2) is 86.6 Å². The van der Waals surface area contributed by atoms with Crippen LogP contribution in [0.15, 0.2) is 9.26 Å². The van der Waals surface area contributed by atoms with Gasteiger partial charge in [0.25, 0.3) is 0 Å². The molecule has 0 aromatic heterocycles. The Bertz CT molecular complexity index is 477. The largest absolute Gasteiger partial charge is 0.254 e. The summed E-state index contributed by atoms with van der Waals surface area (Å²) in [5.74, 6) is 0. The molecule has 1 fully saturated rings. The van der Waals surface area contributed by atoms with Gasteiger partial charge in [-0.15, -0.1) is 0 Å². The molecule has 0 spiro atoms. The van der Waals surface area contributed by atoms with Crippen molar-refractivity contribution in [3.05, 3.63) is 0 Å². The first-order valence-corrected chi connectivity index (χ1v) is 11.4. The van der Waals surface area contributed by atoms with E-state index >= 15 is 0 Å². The summed E-state index contributed by atoms with van der Waals surface area (Å²) in [6.45, 7) is 8.51. The minimum Gasteiger partial charge on any atom is -0.254 e. The lowest BCUT2D eigenvalue weighted by atomic mass is 10.1. The van der Waals surface area contributed by atoms with Crippen molar-refractivity contribution in [1.29, 1.82) is 0 Å². The van der Waals surface area contributed by atoms with Gasteiger partial charge in [0, 0.05) is 13.1 Å². The van der Waals surface area contributed by atoms with Crippen LogP contribution in [0.4, 0.5) is 0 Å². The second-order valence-electron chi connectivity index (χ2n) is 7.65. The second kappa shape index (κ2) is 7.65. The average Bonchev–Trinajstić information content (AvgIpc) is 2.36. The van der Waals surface area contributed by atoms with Gasteiger partial charge in [-0.1, -0.05) is 0 Å². The van der Waals surface area contributed by atoms with Crippen LogP contribution in [0.5, 0.6) is 0 Å². The molecule has 0 amide bonds. The summed E-state index contributed by atoms with van der Waals surface area (Å²) in [4.78, 5) is 0. The fraction of sp³-hybridized carbons (Fsp3) is 1.00. The number of nitrogens with zero attached hydrogens (tertiary/aromatic N) is 6. The summed E-state index contributed by atoms with van der Waals surface area (Å²) in [6, 6.07) is 0. The Morgan fingerprint density at radius 2 is 1.48 bits per heavy atom. The van der Waals surface area contributed by atoms with E-state index in [1.54, 1.807) is 0 Å². The molecule has 0 aliphatic carbocycles. The normalized spacial score (nSPS) is 24.6. The van der Waals surface area contributed by atoms with Crippen LogP contribution in [-0.2, 0) is 0 Å². The van der Waals surface area contributed by atoms with Crippen molar-refractivity contribution in [3.8, 4) is 0 Å². The first-order valence-electron chi connectivity index (χ1n) is 8.15. The molecule has 1 rings (SSSR count). The Kier molecular flexibility index (Phi) is 7.09. The Morgan fingerprint density at radius 3 is 1.83 bits per heavy atom. The van der Waals surface area contributed by atoms with E-state index in [2.05, 4.69) is 93.9 Å². The van der Waals surface area contributed by atoms with E-state index in [4.69, 9.17) is 9.26 Å². The minimum atomic E-state index is -2.13. The number of hydrogen-bond donors (Lipinski definition) is 1. The van der Waals surface area contributed by atoms with Crippen molar-refractivity contribution in [2.45, 2.75) is 32.7 Å². The number of hydrogen-bond acceptors (Lipinski definition) is 1. The van der Waals surface area contributed by atoms with E-state index in [9.17, 15) is 0 Å². The summed E-state index contributed by atoms with van der Waals surface area (Å²) < 4.78 is 19.9. The van der Waals surface area contributed by atoms with Gasteiger partial charge in [0.2, 0.25) is 7.51 Å². The van der Waals surface area contributed by atoms with Gasteiger partial charge in [-0.3, -0.25) is 19.1 Å². The predicted molar refractivity (Wildman–Crippen MR) is 105 cm³/mol. The molecule has 1 N–H and O–H groups in total. The van der Waals surface area contributed by atoms with Crippen molar-refractivity contribution >= 4 is 15.0 Å². The van der Waals surface area contributed by atoms with Crippen LogP contribution >= 0.6 is 15.0 Å². The van der Waals surface area contributed by atoms with E-state index in [1.807, 2.05) is 0 Å². The van der Waals surface area contributed by atoms with E-state index in [0.717, 1.165) is 19.5 Å². The van der Waals surface area contributed by atoms with Crippen LogP contribution in [0.1, 0.15) is 27.2 Å². The molecule has 0 saturated carbocycles. The van der Waals surface area contributed by atoms with Gasteiger partial charge in [-0.05, 0) is 76.5 Å². The Morgan fingerprint density at radius 1 is 1.00 bits per heavy atom. The van der Waals surface area contributed by atoms with E-state index in [1.165, 1.54) is 0 Å². The smallest absolute Gasteiger partial charge is 0.211 e. The van der Waals surface area contributed by atoms with Gasteiger partial charge in [-0.25, -0.2) is 9.42 Å². The van der Waals surface area contributed by atoms with Crippen molar-refractivity contribution in [2.75, 3.05) is 62.4 Å². The van der Waals surface area contributed by atoms with Gasteiger partial charge in [0.05, 0.1) is 5.54 Å². The lowest BCUT2D eigenvalue weighted by Gasteiger charge is -2.45. The van der Waals surface area contributed by atoms with Crippen LogP contribution in [0.2, 0.25) is 0 Å². The first-order chi connectivity index (χ1) is 10.4. The van der Waals surface area contributed by atoms with Crippen LogP contribution in [0, 0.1) is 0 Å². The molecule has 7 nitrogen and oxygen atoms in total. The zero-order chi connectivity index (χ0) is 18.1. The molecule has 1 aliphatic heterocycles. The zero-order valence-electron chi connectivity index (χ0n) is 16.7. The van der Waals surface area contributed by atoms with Crippen LogP contribution < -0.4 is 5.09 Å². The lowest BCUT2D eigenvalue weighted by molar-refractivity contribution is 0.458. The van der Waals surface area contributed by atoms with Gasteiger partial charge >= 0.3 is 0 Å². The molecule has 1 saturated heterocycles. The highest BCUT2D eigenvalue weighted by Crippen LogP contribution is 2.66. The summed E-state index contributed by atoms with van der Waals surface area (Å²) in [6.07, 6.45) is 1.14. The third-order valence-corrected chi connectivity index (χ3v) is 11.6. The molecule has 1 unspecified atom stereocenters. The summed E-state index contributed by atoms with van der Waals surface area (Å²) in [5.41, 5.74) is -0.128. The first kappa shape index (κ1) is 21.3. The average molecular weight is 365 g/mol. The van der Waals surface area contributed by atoms with Crippen molar-refractivity contribution in [1.82, 2.24) is 23.8 Å². The molecular weight excluding hydrogens is 328 g/mol. The van der Waals surface area contributed by atoms with Gasteiger partial charge < -0.3 is 0 Å². The highest BCUT2D eigenvalue weighted by molar-refractivity contribution is 7.71. The Hall–Kier alpha value is 0.260. The van der Waals surface area contributed by atoms with Crippen molar-refractivity contribution < 1.29 is 0 Å². The van der Waals surface area contributed by atoms with E-state index in [0.29, 0.717) is 0 Å². The molecule has 1 aliphatic rings. The molecule has 9 heteroatoms. The molecule has 138 valence electrons. The molecule has 0 radical (unpaired) electrons. The van der Waals surface area contributed by atoms with Crippen molar-refractivity contribution in [3.63, 3.8) is 0 Å². The fourth-order valence-electron chi connectivity index (χ4n) is 2.93. The van der Waals surface area contributed by atoms with Gasteiger partial charge in [0.1, 0.15) is 0 Å². The lowest BCUT2D eigenvalue weighted by Crippen LogP contribution is -2.36. The monoisotopic (exact) mass is 365 g/mol. The maximum Gasteiger partial charge on any atom is 0.211 e. The molecular formula is C14H37N7P2. The minimum absolute atomic E-state index is 0.128. The van der Waals surface area contributed by atoms with E-state index in [-0.39, 0.29) is 5.54 Å². The van der Waals surface area contributed by atoms with Crippen molar-refractivity contribution in [2.24, 2.45) is 9.26 Å². The third kappa shape index (κ3) is 4.66. The molecule has 0 aromatic rings. The topological polar surface area (TPSA) is 49.7 Å². The van der Waals surface area contributed by atoms with Gasteiger partial charge in [0.15, 0.2) is 7.51 Å². The third-order valence-electron chi connectivity index (χ3n) is 3.75. The molecule has 1 heterocycles. The summed E-state index contributed by atoms with van der Waals surface area (Å²) in [7, 11) is 10.8. The van der Waals surface area contributed by atoms with Crippen LogP contribution in [0.25, 0.3) is 0 Å². The maximum absolute atomic E-state index is 5.51. The standard InChI is InChI=1S/C14H37N7P2/c1-14(2,3)16-22(15-12-11-13-21(22)10)17-23(18(4)5,19(6)7)20(8)9/h15H,11-13H2,1-10H3. The van der Waals surface area contributed by atoms with Crippen LogP contribution in [0.3, 0.4) is 0 Å². The summed E-state index contributed by atoms with van der Waals surface area (Å²) >= 11 is 0.